The molecule has 2 heteroatoms. The number of carbonyl (C=O) groups excluding carboxylic acids is 1. The summed E-state index contributed by atoms with van der Waals surface area (Å²) in [6.45, 7) is 5.68. The van der Waals surface area contributed by atoms with Crippen LogP contribution in [0.15, 0.2) is 24.1 Å². The van der Waals surface area contributed by atoms with Crippen LogP contribution in [-0.2, 0) is 6.42 Å². The fraction of sp³-hybridized carbons (Fsp3) is 0.364. The number of carbonyl (C=O) groups is 1. The highest BCUT2D eigenvalue weighted by atomic mass is 32.1. The molecule has 0 fully saturated rings. The summed E-state index contributed by atoms with van der Waals surface area (Å²) in [6, 6.07) is 2.03. The summed E-state index contributed by atoms with van der Waals surface area (Å²) in [6.07, 6.45) is 4.10. The molecule has 0 N–H and O–H groups in total. The molecule has 0 spiro atoms. The molecule has 1 heterocycles. The SMILES string of the molecule is C=CCCC(=O)c1sccc1CC. The zero-order valence-electron chi connectivity index (χ0n) is 7.88. The Morgan fingerprint density at radius 1 is 1.69 bits per heavy atom. The van der Waals surface area contributed by atoms with Crippen LogP contribution in [0.5, 0.6) is 0 Å². The van der Waals surface area contributed by atoms with E-state index in [-0.39, 0.29) is 5.78 Å². The molecule has 0 aromatic carbocycles. The summed E-state index contributed by atoms with van der Waals surface area (Å²) in [5, 5.41) is 1.99. The molecule has 0 bridgehead atoms. The summed E-state index contributed by atoms with van der Waals surface area (Å²) in [5.74, 6) is 0.256. The van der Waals surface area contributed by atoms with Gasteiger partial charge in [-0.25, -0.2) is 0 Å². The third-order valence-corrected chi connectivity index (χ3v) is 2.95. The van der Waals surface area contributed by atoms with Crippen molar-refractivity contribution in [1.29, 1.82) is 0 Å². The van der Waals surface area contributed by atoms with Gasteiger partial charge in [-0.2, -0.15) is 0 Å². The van der Waals surface area contributed by atoms with Crippen LogP contribution in [0, 0.1) is 0 Å². The van der Waals surface area contributed by atoms with Gasteiger partial charge in [0, 0.05) is 6.42 Å². The molecule has 0 saturated carbocycles. The number of ketones is 1. The zero-order valence-corrected chi connectivity index (χ0v) is 8.69. The maximum absolute atomic E-state index is 11.6. The molecule has 1 aromatic heterocycles. The largest absolute Gasteiger partial charge is 0.293 e. The van der Waals surface area contributed by atoms with Crippen molar-refractivity contribution in [1.82, 2.24) is 0 Å². The van der Waals surface area contributed by atoms with Crippen molar-refractivity contribution in [2.24, 2.45) is 0 Å². The van der Waals surface area contributed by atoms with Crippen LogP contribution in [0.2, 0.25) is 0 Å². The van der Waals surface area contributed by atoms with Crippen LogP contribution in [0.3, 0.4) is 0 Å². The van der Waals surface area contributed by atoms with Crippen LogP contribution in [0.1, 0.15) is 35.0 Å². The highest BCUT2D eigenvalue weighted by molar-refractivity contribution is 7.12. The molecule has 0 aliphatic rings. The fourth-order valence-corrected chi connectivity index (χ4v) is 2.17. The minimum absolute atomic E-state index is 0.256. The quantitative estimate of drug-likeness (QED) is 0.518. The number of rotatable bonds is 5. The molecule has 0 aliphatic carbocycles. The Hall–Kier alpha value is -0.890. The Morgan fingerprint density at radius 3 is 3.08 bits per heavy atom. The van der Waals surface area contributed by atoms with Gasteiger partial charge in [-0.05, 0) is 29.9 Å². The predicted octanol–water partition coefficient (Wildman–Crippen LogP) is 3.46. The molecule has 0 unspecified atom stereocenters. The van der Waals surface area contributed by atoms with E-state index < -0.39 is 0 Å². The Bertz CT molecular complexity index is 299. The first-order valence-electron chi connectivity index (χ1n) is 4.50. The van der Waals surface area contributed by atoms with Crippen LogP contribution in [-0.4, -0.2) is 5.78 Å². The Labute approximate surface area is 83.1 Å². The first-order chi connectivity index (χ1) is 6.29. The van der Waals surface area contributed by atoms with Gasteiger partial charge in [0.1, 0.15) is 0 Å². The summed E-state index contributed by atoms with van der Waals surface area (Å²) >= 11 is 1.55. The lowest BCUT2D eigenvalue weighted by Gasteiger charge is -1.98. The van der Waals surface area contributed by atoms with Gasteiger partial charge in [0.25, 0.3) is 0 Å². The van der Waals surface area contributed by atoms with Crippen molar-refractivity contribution in [3.8, 4) is 0 Å². The topological polar surface area (TPSA) is 17.1 Å². The average molecular weight is 194 g/mol. The highest BCUT2D eigenvalue weighted by Gasteiger charge is 2.10. The molecule has 70 valence electrons. The van der Waals surface area contributed by atoms with Gasteiger partial charge in [0.05, 0.1) is 4.88 Å². The van der Waals surface area contributed by atoms with E-state index in [4.69, 9.17) is 0 Å². The minimum atomic E-state index is 0.256. The van der Waals surface area contributed by atoms with E-state index in [0.717, 1.165) is 17.7 Å². The van der Waals surface area contributed by atoms with E-state index >= 15 is 0 Å². The van der Waals surface area contributed by atoms with Crippen molar-refractivity contribution < 1.29 is 4.79 Å². The third-order valence-electron chi connectivity index (χ3n) is 1.96. The molecule has 1 rings (SSSR count). The molecule has 0 atom stereocenters. The standard InChI is InChI=1S/C11H14OS/c1-3-5-6-10(12)11-9(4-2)7-8-13-11/h3,7-8H,1,4-6H2,2H3. The molecular formula is C11H14OS. The van der Waals surface area contributed by atoms with Gasteiger partial charge in [0.15, 0.2) is 5.78 Å². The molecule has 13 heavy (non-hydrogen) atoms. The van der Waals surface area contributed by atoms with Gasteiger partial charge in [0.2, 0.25) is 0 Å². The Balaban J connectivity index is 2.70. The predicted molar refractivity (Wildman–Crippen MR) is 57.5 cm³/mol. The van der Waals surface area contributed by atoms with Crippen molar-refractivity contribution in [2.75, 3.05) is 0 Å². The van der Waals surface area contributed by atoms with Crippen molar-refractivity contribution in [3.63, 3.8) is 0 Å². The maximum atomic E-state index is 11.6. The highest BCUT2D eigenvalue weighted by Crippen LogP contribution is 2.19. The van der Waals surface area contributed by atoms with Gasteiger partial charge >= 0.3 is 0 Å². The van der Waals surface area contributed by atoms with E-state index in [1.807, 2.05) is 11.4 Å². The maximum Gasteiger partial charge on any atom is 0.173 e. The van der Waals surface area contributed by atoms with Gasteiger partial charge in [-0.3, -0.25) is 4.79 Å². The summed E-state index contributed by atoms with van der Waals surface area (Å²) in [5.41, 5.74) is 1.18. The number of hydrogen-bond acceptors (Lipinski definition) is 2. The van der Waals surface area contributed by atoms with E-state index in [1.165, 1.54) is 5.56 Å². The number of thiophene rings is 1. The Kier molecular flexibility index (Phi) is 3.90. The van der Waals surface area contributed by atoms with E-state index in [9.17, 15) is 4.79 Å². The van der Waals surface area contributed by atoms with Gasteiger partial charge < -0.3 is 0 Å². The van der Waals surface area contributed by atoms with Crippen LogP contribution < -0.4 is 0 Å². The lowest BCUT2D eigenvalue weighted by Crippen LogP contribution is -1.98. The molecule has 0 aliphatic heterocycles. The van der Waals surface area contributed by atoms with E-state index in [1.54, 1.807) is 17.4 Å². The number of hydrogen-bond donors (Lipinski definition) is 0. The second-order valence-corrected chi connectivity index (χ2v) is 3.80. The first kappa shape index (κ1) is 10.2. The minimum Gasteiger partial charge on any atom is -0.293 e. The summed E-state index contributed by atoms with van der Waals surface area (Å²) < 4.78 is 0. The van der Waals surface area contributed by atoms with Crippen molar-refractivity contribution in [3.05, 3.63) is 34.5 Å². The van der Waals surface area contributed by atoms with Crippen LogP contribution in [0.4, 0.5) is 0 Å². The number of Topliss-reactive ketones (excluding diaryl/α,β-unsaturated/α-hetero) is 1. The van der Waals surface area contributed by atoms with Crippen LogP contribution >= 0.6 is 11.3 Å². The average Bonchev–Trinajstić information content (AvgIpc) is 2.61. The summed E-state index contributed by atoms with van der Waals surface area (Å²) in [4.78, 5) is 12.5. The monoisotopic (exact) mass is 194 g/mol. The second kappa shape index (κ2) is 4.97. The van der Waals surface area contributed by atoms with E-state index in [2.05, 4.69) is 13.5 Å². The molecular weight excluding hydrogens is 180 g/mol. The molecule has 0 amide bonds. The lowest BCUT2D eigenvalue weighted by molar-refractivity contribution is 0.0987. The van der Waals surface area contributed by atoms with Crippen LogP contribution in [0.25, 0.3) is 0 Å². The lowest BCUT2D eigenvalue weighted by atomic mass is 10.1. The zero-order chi connectivity index (χ0) is 9.68. The molecule has 0 saturated heterocycles. The van der Waals surface area contributed by atoms with Gasteiger partial charge in [-0.15, -0.1) is 17.9 Å². The number of allylic oxidation sites excluding steroid dienone is 1. The Morgan fingerprint density at radius 2 is 2.46 bits per heavy atom. The molecule has 1 nitrogen and oxygen atoms in total. The van der Waals surface area contributed by atoms with Crippen molar-refractivity contribution >= 4 is 17.1 Å². The second-order valence-electron chi connectivity index (χ2n) is 2.88. The molecule has 0 radical (unpaired) electrons. The fourth-order valence-electron chi connectivity index (χ4n) is 1.21. The van der Waals surface area contributed by atoms with E-state index in [0.29, 0.717) is 6.42 Å². The molecule has 1 aromatic rings. The summed E-state index contributed by atoms with van der Waals surface area (Å²) in [7, 11) is 0. The smallest absolute Gasteiger partial charge is 0.173 e. The number of aryl methyl sites for hydroxylation is 1. The van der Waals surface area contributed by atoms with Crippen molar-refractivity contribution in [2.45, 2.75) is 26.2 Å². The third kappa shape index (κ3) is 2.52. The normalized spacial score (nSPS) is 9.92. The van der Waals surface area contributed by atoms with Gasteiger partial charge in [-0.1, -0.05) is 13.0 Å². The first-order valence-corrected chi connectivity index (χ1v) is 5.38.